The first-order valence-corrected chi connectivity index (χ1v) is 11.6. The van der Waals surface area contributed by atoms with Gasteiger partial charge in [-0.25, -0.2) is 4.79 Å². The zero-order valence-electron chi connectivity index (χ0n) is 20.7. The van der Waals surface area contributed by atoms with Crippen LogP contribution in [0.3, 0.4) is 0 Å². The second-order valence-corrected chi connectivity index (χ2v) is 8.87. The van der Waals surface area contributed by atoms with Crippen molar-refractivity contribution in [3.63, 3.8) is 0 Å². The number of halogens is 1. The normalized spacial score (nSPS) is 11.1. The van der Waals surface area contributed by atoms with Crippen molar-refractivity contribution in [3.8, 4) is 11.5 Å². The van der Waals surface area contributed by atoms with E-state index in [2.05, 4.69) is 5.32 Å². The summed E-state index contributed by atoms with van der Waals surface area (Å²) in [7, 11) is 6.69. The average Bonchev–Trinajstić information content (AvgIpc) is 2.84. The van der Waals surface area contributed by atoms with Gasteiger partial charge in [-0.15, -0.1) is 0 Å². The van der Waals surface area contributed by atoms with Crippen LogP contribution in [0.2, 0.25) is 5.02 Å². The third kappa shape index (κ3) is 6.13. The molecule has 0 bridgehead atoms. The molecule has 0 aliphatic carbocycles. The van der Waals surface area contributed by atoms with Crippen molar-refractivity contribution in [2.45, 2.75) is 25.9 Å². The summed E-state index contributed by atoms with van der Waals surface area (Å²) in [5, 5.41) is 3.18. The number of anilines is 1. The first kappa shape index (κ1) is 27.0. The molecule has 2 aromatic carbocycles. The van der Waals surface area contributed by atoms with Gasteiger partial charge in [-0.3, -0.25) is 23.5 Å². The minimum Gasteiger partial charge on any atom is -0.495 e. The second kappa shape index (κ2) is 11.9. The lowest BCUT2D eigenvalue weighted by atomic mass is 10.2. The third-order valence-corrected chi connectivity index (χ3v) is 5.87. The number of fused-ring (bicyclic) bond motifs is 1. The highest BCUT2D eigenvalue weighted by Gasteiger charge is 2.19. The highest BCUT2D eigenvalue weighted by molar-refractivity contribution is 6.32. The molecule has 1 aromatic heterocycles. The molecule has 0 aliphatic heterocycles. The number of hydrogen-bond acceptors (Lipinski definition) is 7. The number of nitrogens with zero attached hydrogens (tertiary/aromatic N) is 3. The number of ketones is 1. The van der Waals surface area contributed by atoms with E-state index in [1.165, 1.54) is 30.9 Å². The number of rotatable bonds is 11. The van der Waals surface area contributed by atoms with E-state index in [0.717, 1.165) is 4.57 Å². The third-order valence-electron chi connectivity index (χ3n) is 5.58. The van der Waals surface area contributed by atoms with Crippen LogP contribution < -0.4 is 26.0 Å². The molecule has 0 fully saturated rings. The van der Waals surface area contributed by atoms with Crippen molar-refractivity contribution in [1.82, 2.24) is 14.0 Å². The Kier molecular flexibility index (Phi) is 8.89. The number of carbonyl (C=O) groups is 2. The van der Waals surface area contributed by atoms with E-state index >= 15 is 0 Å². The number of benzene rings is 2. The van der Waals surface area contributed by atoms with Gasteiger partial charge in [-0.2, -0.15) is 0 Å². The van der Waals surface area contributed by atoms with Crippen LogP contribution in [0.1, 0.15) is 12.8 Å². The predicted octanol–water partition coefficient (Wildman–Crippen LogP) is 2.38. The van der Waals surface area contributed by atoms with Gasteiger partial charge < -0.3 is 19.7 Å². The zero-order valence-corrected chi connectivity index (χ0v) is 21.4. The van der Waals surface area contributed by atoms with Crippen molar-refractivity contribution >= 4 is 39.9 Å². The summed E-state index contributed by atoms with van der Waals surface area (Å²) in [6.45, 7) is -0.0533. The second-order valence-electron chi connectivity index (χ2n) is 8.46. The lowest BCUT2D eigenvalue weighted by Gasteiger charge is -2.16. The molecule has 10 nitrogen and oxygen atoms in total. The van der Waals surface area contributed by atoms with Gasteiger partial charge in [0.25, 0.3) is 5.56 Å². The molecule has 192 valence electrons. The van der Waals surface area contributed by atoms with E-state index in [1.807, 2.05) is 19.0 Å². The molecule has 0 radical (unpaired) electrons. The Morgan fingerprint density at radius 1 is 1.00 bits per heavy atom. The predicted molar refractivity (Wildman–Crippen MR) is 138 cm³/mol. The Labute approximate surface area is 213 Å². The fraction of sp³-hybridized carbons (Fsp3) is 0.360. The Bertz CT molecular complexity index is 1400. The minimum absolute atomic E-state index is 0.232. The number of nitrogens with one attached hydrogen (secondary N) is 1. The molecule has 0 saturated heterocycles. The quantitative estimate of drug-likeness (QED) is 0.416. The fourth-order valence-electron chi connectivity index (χ4n) is 3.80. The molecule has 0 saturated carbocycles. The molecule has 0 atom stereocenters. The van der Waals surface area contributed by atoms with Gasteiger partial charge in [0.15, 0.2) is 5.78 Å². The summed E-state index contributed by atoms with van der Waals surface area (Å²) in [6.07, 6.45) is 0.840. The van der Waals surface area contributed by atoms with E-state index in [1.54, 1.807) is 24.3 Å². The molecule has 0 unspecified atom stereocenters. The Morgan fingerprint density at radius 2 is 1.69 bits per heavy atom. The van der Waals surface area contributed by atoms with Crippen LogP contribution in [0.25, 0.3) is 10.9 Å². The van der Waals surface area contributed by atoms with Gasteiger partial charge in [-0.1, -0.05) is 23.7 Å². The molecule has 1 N–H and O–H groups in total. The molecule has 36 heavy (non-hydrogen) atoms. The number of aromatic nitrogens is 2. The summed E-state index contributed by atoms with van der Waals surface area (Å²) in [5.41, 5.74) is -0.736. The van der Waals surface area contributed by atoms with E-state index < -0.39 is 23.7 Å². The lowest BCUT2D eigenvalue weighted by molar-refractivity contribution is -0.119. The van der Waals surface area contributed by atoms with Crippen LogP contribution in [0, 0.1) is 0 Å². The smallest absolute Gasteiger partial charge is 0.332 e. The largest absolute Gasteiger partial charge is 0.495 e. The molecule has 0 aliphatic rings. The number of amides is 1. The fourth-order valence-corrected chi connectivity index (χ4v) is 4.04. The van der Waals surface area contributed by atoms with Gasteiger partial charge in [0.05, 0.1) is 42.4 Å². The number of carbonyl (C=O) groups excluding carboxylic acids is 2. The topological polar surface area (TPSA) is 112 Å². The highest BCUT2D eigenvalue weighted by atomic mass is 35.5. The van der Waals surface area contributed by atoms with E-state index in [0.29, 0.717) is 30.0 Å². The van der Waals surface area contributed by atoms with Crippen LogP contribution in [-0.4, -0.2) is 60.6 Å². The van der Waals surface area contributed by atoms with E-state index in [9.17, 15) is 19.2 Å². The highest BCUT2D eigenvalue weighted by Crippen LogP contribution is 2.35. The summed E-state index contributed by atoms with van der Waals surface area (Å²) >= 11 is 6.19. The van der Waals surface area contributed by atoms with Crippen molar-refractivity contribution < 1.29 is 19.1 Å². The number of methoxy groups -OCH3 is 2. The maximum absolute atomic E-state index is 13.3. The van der Waals surface area contributed by atoms with Crippen molar-refractivity contribution in [1.29, 1.82) is 0 Å². The SMILES string of the molecule is COc1cc(OC)c(NC(=O)Cn2c(=O)n(CC(=O)CCCN(C)C)c(=O)c3ccccc32)cc1Cl. The summed E-state index contributed by atoms with van der Waals surface area (Å²) in [6, 6.07) is 9.47. The maximum atomic E-state index is 13.3. The summed E-state index contributed by atoms with van der Waals surface area (Å²) in [5.74, 6) is -0.101. The minimum atomic E-state index is -0.741. The van der Waals surface area contributed by atoms with Gasteiger partial charge in [0.1, 0.15) is 18.0 Å². The molecule has 3 rings (SSSR count). The monoisotopic (exact) mass is 516 g/mol. The molecule has 3 aromatic rings. The van der Waals surface area contributed by atoms with Gasteiger partial charge in [0, 0.05) is 12.5 Å². The van der Waals surface area contributed by atoms with Gasteiger partial charge in [0.2, 0.25) is 5.91 Å². The van der Waals surface area contributed by atoms with Crippen LogP contribution in [-0.2, 0) is 22.7 Å². The number of Topliss-reactive ketones (excluding diaryl/α,β-unsaturated/α-hetero) is 1. The van der Waals surface area contributed by atoms with E-state index in [-0.39, 0.29) is 34.8 Å². The number of ether oxygens (including phenoxy) is 2. The molecular weight excluding hydrogens is 488 g/mol. The van der Waals surface area contributed by atoms with Crippen LogP contribution in [0.4, 0.5) is 5.69 Å². The zero-order chi connectivity index (χ0) is 26.4. The summed E-state index contributed by atoms with van der Waals surface area (Å²) in [4.78, 5) is 53.8. The van der Waals surface area contributed by atoms with Gasteiger partial charge in [-0.05, 0) is 45.3 Å². The lowest BCUT2D eigenvalue weighted by Crippen LogP contribution is -2.43. The molecule has 1 heterocycles. The van der Waals surface area contributed by atoms with Crippen LogP contribution in [0.5, 0.6) is 11.5 Å². The van der Waals surface area contributed by atoms with E-state index in [4.69, 9.17) is 21.1 Å². The summed E-state index contributed by atoms with van der Waals surface area (Å²) < 4.78 is 12.5. The first-order valence-electron chi connectivity index (χ1n) is 11.3. The number of hydrogen-bond donors (Lipinski definition) is 1. The average molecular weight is 517 g/mol. The Hall–Kier alpha value is -3.63. The molecule has 0 spiro atoms. The molecule has 1 amide bonds. The van der Waals surface area contributed by atoms with Gasteiger partial charge >= 0.3 is 5.69 Å². The van der Waals surface area contributed by atoms with Crippen molar-refractivity contribution in [2.75, 3.05) is 40.2 Å². The number of para-hydroxylation sites is 1. The van der Waals surface area contributed by atoms with Crippen LogP contribution >= 0.6 is 11.6 Å². The van der Waals surface area contributed by atoms with Crippen molar-refractivity contribution in [2.24, 2.45) is 0 Å². The van der Waals surface area contributed by atoms with Crippen molar-refractivity contribution in [3.05, 3.63) is 62.3 Å². The van der Waals surface area contributed by atoms with Crippen LogP contribution in [0.15, 0.2) is 46.0 Å². The Balaban J connectivity index is 1.94. The first-order chi connectivity index (χ1) is 17.2. The molecular formula is C25H29ClN4O6. The molecule has 11 heteroatoms. The maximum Gasteiger partial charge on any atom is 0.332 e. The standard InChI is InChI=1S/C25H29ClN4O6/c1-28(2)11-7-8-16(31)14-30-24(33)17-9-5-6-10-20(17)29(25(30)34)15-23(32)27-19-12-18(26)21(35-3)13-22(19)36-4/h5-6,9-10,12-13H,7-8,11,14-15H2,1-4H3,(H,27,32). The Morgan fingerprint density at radius 3 is 2.36 bits per heavy atom.